The van der Waals surface area contributed by atoms with Gasteiger partial charge in [-0.1, -0.05) is 29.3 Å². The van der Waals surface area contributed by atoms with Crippen LogP contribution in [0.1, 0.15) is 0 Å². The topological polar surface area (TPSA) is 50.4 Å². The second kappa shape index (κ2) is 7.20. The van der Waals surface area contributed by atoms with Gasteiger partial charge in [0.25, 0.3) is 0 Å². The molecule has 0 atom stereocenters. The fourth-order valence-electron chi connectivity index (χ4n) is 1.73. The van der Waals surface area contributed by atoms with Crippen molar-refractivity contribution >= 4 is 40.5 Å². The van der Waals surface area contributed by atoms with Gasteiger partial charge >= 0.3 is 0 Å². The van der Waals surface area contributed by atoms with Crippen LogP contribution in [0.5, 0.6) is 5.75 Å². The molecule has 2 aromatic carbocycles. The summed E-state index contributed by atoms with van der Waals surface area (Å²) in [6, 6.07) is 12.2. The van der Waals surface area contributed by atoms with Crippen molar-refractivity contribution in [3.63, 3.8) is 0 Å². The van der Waals surface area contributed by atoms with Crippen molar-refractivity contribution in [3.05, 3.63) is 52.5 Å². The number of hydrogen-bond donors (Lipinski definition) is 2. The summed E-state index contributed by atoms with van der Waals surface area (Å²) in [6.07, 6.45) is 0. The molecule has 0 aliphatic carbocycles. The number of anilines is 2. The average molecular weight is 325 g/mol. The molecule has 2 aromatic rings. The van der Waals surface area contributed by atoms with Crippen molar-refractivity contribution in [3.8, 4) is 5.75 Å². The molecule has 1 amide bonds. The van der Waals surface area contributed by atoms with Crippen LogP contribution in [0, 0.1) is 0 Å². The predicted molar refractivity (Wildman–Crippen MR) is 86.6 cm³/mol. The van der Waals surface area contributed by atoms with Gasteiger partial charge < -0.3 is 15.4 Å². The zero-order valence-corrected chi connectivity index (χ0v) is 12.8. The molecule has 0 saturated heterocycles. The van der Waals surface area contributed by atoms with Crippen LogP contribution in [0.2, 0.25) is 10.0 Å². The van der Waals surface area contributed by atoms with E-state index in [2.05, 4.69) is 10.6 Å². The summed E-state index contributed by atoms with van der Waals surface area (Å²) < 4.78 is 5.06. The molecule has 0 aliphatic heterocycles. The second-order valence-corrected chi connectivity index (χ2v) is 5.11. The number of methoxy groups -OCH3 is 1. The van der Waals surface area contributed by atoms with Gasteiger partial charge in [-0.05, 0) is 36.4 Å². The van der Waals surface area contributed by atoms with Crippen LogP contribution in [0.4, 0.5) is 11.4 Å². The number of ether oxygens (including phenoxy) is 1. The molecule has 0 saturated carbocycles. The minimum atomic E-state index is -0.177. The zero-order valence-electron chi connectivity index (χ0n) is 11.3. The Kier molecular flexibility index (Phi) is 5.31. The van der Waals surface area contributed by atoms with Crippen LogP contribution < -0.4 is 15.4 Å². The number of carbonyl (C=O) groups is 1. The molecule has 0 heterocycles. The molecule has 0 aliphatic rings. The molecule has 6 heteroatoms. The number of hydrogen-bond acceptors (Lipinski definition) is 3. The summed E-state index contributed by atoms with van der Waals surface area (Å²) in [5.74, 6) is 0.412. The molecular weight excluding hydrogens is 311 g/mol. The first-order valence-electron chi connectivity index (χ1n) is 6.21. The highest BCUT2D eigenvalue weighted by molar-refractivity contribution is 6.32. The van der Waals surface area contributed by atoms with Gasteiger partial charge in [0.1, 0.15) is 5.75 Å². The first kappa shape index (κ1) is 15.5. The Morgan fingerprint density at radius 3 is 2.62 bits per heavy atom. The van der Waals surface area contributed by atoms with Crippen molar-refractivity contribution in [1.82, 2.24) is 0 Å². The standard InChI is InChI=1S/C15H14Cl2N2O2/c1-21-14-6-5-11(8-13(14)17)18-9-15(20)19-12-4-2-3-10(16)7-12/h2-8,18H,9H2,1H3,(H,19,20). The van der Waals surface area contributed by atoms with Crippen LogP contribution >= 0.6 is 23.2 Å². The summed E-state index contributed by atoms with van der Waals surface area (Å²) in [5.41, 5.74) is 1.39. The summed E-state index contributed by atoms with van der Waals surface area (Å²) in [5, 5.41) is 6.79. The largest absolute Gasteiger partial charge is 0.495 e. The van der Waals surface area contributed by atoms with Crippen LogP contribution in [-0.4, -0.2) is 19.6 Å². The van der Waals surface area contributed by atoms with Crippen molar-refractivity contribution in [2.45, 2.75) is 0 Å². The minimum absolute atomic E-state index is 0.120. The smallest absolute Gasteiger partial charge is 0.243 e. The van der Waals surface area contributed by atoms with Crippen molar-refractivity contribution in [2.75, 3.05) is 24.3 Å². The number of carbonyl (C=O) groups excluding carboxylic acids is 1. The summed E-state index contributed by atoms with van der Waals surface area (Å²) >= 11 is 11.9. The van der Waals surface area contributed by atoms with Gasteiger partial charge in [0.2, 0.25) is 5.91 Å². The van der Waals surface area contributed by atoms with E-state index in [0.717, 1.165) is 5.69 Å². The maximum absolute atomic E-state index is 11.8. The van der Waals surface area contributed by atoms with E-state index in [4.69, 9.17) is 27.9 Å². The molecule has 0 radical (unpaired) electrons. The van der Waals surface area contributed by atoms with E-state index < -0.39 is 0 Å². The monoisotopic (exact) mass is 324 g/mol. The maximum atomic E-state index is 11.8. The molecule has 2 rings (SSSR count). The summed E-state index contributed by atoms with van der Waals surface area (Å²) in [6.45, 7) is 0.120. The number of rotatable bonds is 5. The van der Waals surface area contributed by atoms with Crippen molar-refractivity contribution in [1.29, 1.82) is 0 Å². The van der Waals surface area contributed by atoms with E-state index >= 15 is 0 Å². The fourth-order valence-corrected chi connectivity index (χ4v) is 2.18. The molecule has 0 fully saturated rings. The van der Waals surface area contributed by atoms with Gasteiger partial charge in [-0.15, -0.1) is 0 Å². The average Bonchev–Trinajstić information content (AvgIpc) is 2.45. The lowest BCUT2D eigenvalue weighted by Gasteiger charge is -2.09. The first-order valence-corrected chi connectivity index (χ1v) is 6.97. The predicted octanol–water partition coefficient (Wildman–Crippen LogP) is 4.05. The third kappa shape index (κ3) is 4.55. The molecule has 0 bridgehead atoms. The van der Waals surface area contributed by atoms with E-state index in [1.807, 2.05) is 0 Å². The van der Waals surface area contributed by atoms with E-state index in [1.54, 1.807) is 49.6 Å². The van der Waals surface area contributed by atoms with Crippen molar-refractivity contribution < 1.29 is 9.53 Å². The van der Waals surface area contributed by atoms with Crippen LogP contribution in [0.15, 0.2) is 42.5 Å². The third-order valence-electron chi connectivity index (χ3n) is 2.71. The Morgan fingerprint density at radius 2 is 1.95 bits per heavy atom. The van der Waals surface area contributed by atoms with E-state index in [1.165, 1.54) is 0 Å². The number of benzene rings is 2. The van der Waals surface area contributed by atoms with Crippen LogP contribution in [0.3, 0.4) is 0 Å². The lowest BCUT2D eigenvalue weighted by molar-refractivity contribution is -0.114. The molecular formula is C15H14Cl2N2O2. The molecule has 4 nitrogen and oxygen atoms in total. The SMILES string of the molecule is COc1ccc(NCC(=O)Nc2cccc(Cl)c2)cc1Cl. The molecule has 2 N–H and O–H groups in total. The van der Waals surface area contributed by atoms with Gasteiger partial charge in [-0.25, -0.2) is 0 Å². The zero-order chi connectivity index (χ0) is 15.2. The van der Waals surface area contributed by atoms with Gasteiger partial charge in [-0.2, -0.15) is 0 Å². The molecule has 0 aromatic heterocycles. The van der Waals surface area contributed by atoms with Gasteiger partial charge in [-0.3, -0.25) is 4.79 Å². The first-order chi connectivity index (χ1) is 10.1. The maximum Gasteiger partial charge on any atom is 0.243 e. The highest BCUT2D eigenvalue weighted by Gasteiger charge is 2.05. The van der Waals surface area contributed by atoms with Gasteiger partial charge in [0.15, 0.2) is 0 Å². The second-order valence-electron chi connectivity index (χ2n) is 4.26. The van der Waals surface area contributed by atoms with Gasteiger partial charge in [0.05, 0.1) is 18.7 Å². The van der Waals surface area contributed by atoms with Crippen LogP contribution in [-0.2, 0) is 4.79 Å². The summed E-state index contributed by atoms with van der Waals surface area (Å²) in [7, 11) is 1.55. The lowest BCUT2D eigenvalue weighted by Crippen LogP contribution is -2.21. The highest BCUT2D eigenvalue weighted by atomic mass is 35.5. The lowest BCUT2D eigenvalue weighted by atomic mass is 10.3. The number of amides is 1. The summed E-state index contributed by atoms with van der Waals surface area (Å²) in [4.78, 5) is 11.8. The molecule has 110 valence electrons. The Bertz CT molecular complexity index is 647. The molecule has 0 unspecified atom stereocenters. The van der Waals surface area contributed by atoms with Gasteiger partial charge in [0, 0.05) is 16.4 Å². The molecule has 0 spiro atoms. The highest BCUT2D eigenvalue weighted by Crippen LogP contribution is 2.27. The molecule has 21 heavy (non-hydrogen) atoms. The number of halogens is 2. The van der Waals surface area contributed by atoms with E-state index in [9.17, 15) is 4.79 Å². The van der Waals surface area contributed by atoms with Crippen LogP contribution in [0.25, 0.3) is 0 Å². The Balaban J connectivity index is 1.90. The quantitative estimate of drug-likeness (QED) is 0.872. The Labute approximate surface area is 133 Å². The minimum Gasteiger partial charge on any atom is -0.495 e. The van der Waals surface area contributed by atoms with E-state index in [-0.39, 0.29) is 12.5 Å². The Morgan fingerprint density at radius 1 is 1.14 bits per heavy atom. The van der Waals surface area contributed by atoms with E-state index in [0.29, 0.717) is 21.5 Å². The fraction of sp³-hybridized carbons (Fsp3) is 0.133. The normalized spacial score (nSPS) is 10.0. The van der Waals surface area contributed by atoms with Crippen molar-refractivity contribution in [2.24, 2.45) is 0 Å². The Hall–Kier alpha value is -1.91. The third-order valence-corrected chi connectivity index (χ3v) is 3.24. The number of nitrogens with one attached hydrogen (secondary N) is 2.